The van der Waals surface area contributed by atoms with Crippen molar-refractivity contribution in [1.29, 1.82) is 0 Å². The second-order valence-corrected chi connectivity index (χ2v) is 7.13. The second kappa shape index (κ2) is 7.88. The molecule has 0 bridgehead atoms. The highest BCUT2D eigenvalue weighted by atomic mass is 32.2. The van der Waals surface area contributed by atoms with E-state index in [0.717, 1.165) is 32.8 Å². The lowest BCUT2D eigenvalue weighted by Crippen LogP contribution is -2.27. The Labute approximate surface area is 154 Å². The standard InChI is InChI=1S/C17H20N4O2S2/c1-4-21(11(3)22)17-18-12(10-25-17)9-24-16-19-14-7-6-13(23-5-2)8-15(14)20-16/h6-8,10H,4-5,9H2,1-3H3,(H,19,20). The molecule has 0 aliphatic rings. The van der Waals surface area contributed by atoms with E-state index in [4.69, 9.17) is 4.74 Å². The molecule has 0 atom stereocenters. The summed E-state index contributed by atoms with van der Waals surface area (Å²) in [7, 11) is 0. The number of benzene rings is 1. The van der Waals surface area contributed by atoms with E-state index < -0.39 is 0 Å². The number of amides is 1. The van der Waals surface area contributed by atoms with Crippen LogP contribution in [0.5, 0.6) is 5.75 Å². The van der Waals surface area contributed by atoms with E-state index in [1.54, 1.807) is 23.6 Å². The summed E-state index contributed by atoms with van der Waals surface area (Å²) in [4.78, 5) is 25.7. The van der Waals surface area contributed by atoms with E-state index in [1.165, 1.54) is 11.3 Å². The lowest BCUT2D eigenvalue weighted by atomic mass is 10.3. The number of nitrogens with one attached hydrogen (secondary N) is 1. The molecule has 0 saturated heterocycles. The molecule has 6 nitrogen and oxygen atoms in total. The molecule has 3 rings (SSSR count). The third-order valence-electron chi connectivity index (χ3n) is 3.57. The zero-order chi connectivity index (χ0) is 17.8. The van der Waals surface area contributed by atoms with Gasteiger partial charge in [-0.1, -0.05) is 11.8 Å². The van der Waals surface area contributed by atoms with Gasteiger partial charge in [-0.15, -0.1) is 11.3 Å². The summed E-state index contributed by atoms with van der Waals surface area (Å²) in [6.45, 7) is 6.74. The molecule has 2 aromatic heterocycles. The average Bonchev–Trinajstić information content (AvgIpc) is 3.19. The molecule has 0 unspecified atom stereocenters. The van der Waals surface area contributed by atoms with E-state index in [2.05, 4.69) is 15.0 Å². The number of aromatic nitrogens is 3. The Morgan fingerprint density at radius 3 is 2.92 bits per heavy atom. The van der Waals surface area contributed by atoms with Gasteiger partial charge in [-0.25, -0.2) is 9.97 Å². The molecule has 0 spiro atoms. The molecule has 0 radical (unpaired) electrons. The Morgan fingerprint density at radius 1 is 1.36 bits per heavy atom. The molecular weight excluding hydrogens is 356 g/mol. The number of rotatable bonds is 7. The van der Waals surface area contributed by atoms with Crippen LogP contribution in [0.15, 0.2) is 28.7 Å². The molecule has 0 saturated carbocycles. The monoisotopic (exact) mass is 376 g/mol. The topological polar surface area (TPSA) is 71.1 Å². The van der Waals surface area contributed by atoms with Gasteiger partial charge in [-0.2, -0.15) is 0 Å². The zero-order valence-corrected chi connectivity index (χ0v) is 16.0. The van der Waals surface area contributed by atoms with Gasteiger partial charge < -0.3 is 9.72 Å². The van der Waals surface area contributed by atoms with Crippen molar-refractivity contribution in [2.24, 2.45) is 0 Å². The SMILES string of the molecule is CCOc1ccc2nc(SCc3csc(N(CC)C(C)=O)n3)[nH]c2c1. The quantitative estimate of drug-likeness (QED) is 0.629. The molecule has 8 heteroatoms. The fourth-order valence-electron chi connectivity index (χ4n) is 2.41. The number of H-pyrrole nitrogens is 1. The molecule has 0 fully saturated rings. The number of anilines is 1. The van der Waals surface area contributed by atoms with Gasteiger partial charge in [0.1, 0.15) is 5.75 Å². The molecule has 0 aliphatic heterocycles. The summed E-state index contributed by atoms with van der Waals surface area (Å²) in [5.41, 5.74) is 2.82. The smallest absolute Gasteiger partial charge is 0.225 e. The number of thioether (sulfide) groups is 1. The van der Waals surface area contributed by atoms with Crippen molar-refractivity contribution >= 4 is 45.2 Å². The molecule has 25 heavy (non-hydrogen) atoms. The van der Waals surface area contributed by atoms with Gasteiger partial charge in [-0.3, -0.25) is 9.69 Å². The van der Waals surface area contributed by atoms with E-state index in [1.807, 2.05) is 37.4 Å². The van der Waals surface area contributed by atoms with Crippen molar-refractivity contribution in [2.45, 2.75) is 31.7 Å². The van der Waals surface area contributed by atoms with Crippen molar-refractivity contribution in [3.8, 4) is 5.75 Å². The number of fused-ring (bicyclic) bond motifs is 1. The van der Waals surface area contributed by atoms with Gasteiger partial charge in [0.05, 0.1) is 23.3 Å². The molecule has 2 heterocycles. The van der Waals surface area contributed by atoms with E-state index in [9.17, 15) is 4.79 Å². The normalized spacial score (nSPS) is 11.0. The Kier molecular flexibility index (Phi) is 5.60. The molecule has 0 aliphatic carbocycles. The molecule has 1 aromatic carbocycles. The zero-order valence-electron chi connectivity index (χ0n) is 14.4. The van der Waals surface area contributed by atoms with Crippen LogP contribution in [-0.2, 0) is 10.5 Å². The molecule has 1 amide bonds. The first kappa shape index (κ1) is 17.8. The highest BCUT2D eigenvalue weighted by Crippen LogP contribution is 2.28. The van der Waals surface area contributed by atoms with Gasteiger partial charge in [-0.05, 0) is 26.0 Å². The number of imidazole rings is 1. The van der Waals surface area contributed by atoms with E-state index >= 15 is 0 Å². The lowest BCUT2D eigenvalue weighted by molar-refractivity contribution is -0.116. The third-order valence-corrected chi connectivity index (χ3v) is 5.39. The maximum atomic E-state index is 11.6. The van der Waals surface area contributed by atoms with Crippen LogP contribution in [0.4, 0.5) is 5.13 Å². The molecule has 1 N–H and O–H groups in total. The van der Waals surface area contributed by atoms with Crippen molar-refractivity contribution in [2.75, 3.05) is 18.1 Å². The van der Waals surface area contributed by atoms with Gasteiger partial charge in [0.25, 0.3) is 0 Å². The van der Waals surface area contributed by atoms with Crippen LogP contribution >= 0.6 is 23.1 Å². The minimum absolute atomic E-state index is 0.0124. The van der Waals surface area contributed by atoms with Crippen molar-refractivity contribution in [3.05, 3.63) is 29.3 Å². The Bertz CT molecular complexity index is 875. The Hall–Kier alpha value is -2.06. The summed E-state index contributed by atoms with van der Waals surface area (Å²) in [6.07, 6.45) is 0. The van der Waals surface area contributed by atoms with E-state index in [-0.39, 0.29) is 5.91 Å². The van der Waals surface area contributed by atoms with Crippen molar-refractivity contribution in [1.82, 2.24) is 15.0 Å². The number of thiazole rings is 1. The first-order valence-electron chi connectivity index (χ1n) is 8.08. The third kappa shape index (κ3) is 4.13. The first-order valence-corrected chi connectivity index (χ1v) is 9.95. The van der Waals surface area contributed by atoms with Crippen LogP contribution < -0.4 is 9.64 Å². The Morgan fingerprint density at radius 2 is 2.20 bits per heavy atom. The van der Waals surface area contributed by atoms with Crippen LogP contribution in [-0.4, -0.2) is 34.0 Å². The number of ether oxygens (including phenoxy) is 1. The second-order valence-electron chi connectivity index (χ2n) is 5.33. The van der Waals surface area contributed by atoms with Gasteiger partial charge in [0.15, 0.2) is 10.3 Å². The van der Waals surface area contributed by atoms with Gasteiger partial charge in [0.2, 0.25) is 5.91 Å². The van der Waals surface area contributed by atoms with Gasteiger partial charge >= 0.3 is 0 Å². The number of nitrogens with zero attached hydrogens (tertiary/aromatic N) is 3. The predicted octanol–water partition coefficient (Wildman–Crippen LogP) is 4.08. The molecule has 132 valence electrons. The maximum Gasteiger partial charge on any atom is 0.225 e. The molecule has 3 aromatic rings. The predicted molar refractivity (Wildman–Crippen MR) is 103 cm³/mol. The lowest BCUT2D eigenvalue weighted by Gasteiger charge is -2.14. The fraction of sp³-hybridized carbons (Fsp3) is 0.353. The maximum absolute atomic E-state index is 11.6. The van der Waals surface area contributed by atoms with Crippen LogP contribution in [0.3, 0.4) is 0 Å². The van der Waals surface area contributed by atoms with Crippen LogP contribution in [0.25, 0.3) is 11.0 Å². The summed E-state index contributed by atoms with van der Waals surface area (Å²) in [5.74, 6) is 1.55. The summed E-state index contributed by atoms with van der Waals surface area (Å²) in [6, 6.07) is 5.84. The van der Waals surface area contributed by atoms with Crippen LogP contribution in [0.2, 0.25) is 0 Å². The van der Waals surface area contributed by atoms with Crippen molar-refractivity contribution < 1.29 is 9.53 Å². The number of hydrogen-bond donors (Lipinski definition) is 1. The summed E-state index contributed by atoms with van der Waals surface area (Å²) in [5, 5.41) is 3.58. The number of aromatic amines is 1. The first-order chi connectivity index (χ1) is 12.1. The highest BCUT2D eigenvalue weighted by molar-refractivity contribution is 7.98. The summed E-state index contributed by atoms with van der Waals surface area (Å²) >= 11 is 3.08. The minimum Gasteiger partial charge on any atom is -0.494 e. The van der Waals surface area contributed by atoms with Crippen LogP contribution in [0, 0.1) is 0 Å². The Balaban J connectivity index is 1.68. The largest absolute Gasteiger partial charge is 0.494 e. The highest BCUT2D eigenvalue weighted by Gasteiger charge is 2.14. The molecular formula is C17H20N4O2S2. The summed E-state index contributed by atoms with van der Waals surface area (Å²) < 4.78 is 5.51. The number of carbonyl (C=O) groups is 1. The minimum atomic E-state index is 0.0124. The number of hydrogen-bond acceptors (Lipinski definition) is 6. The van der Waals surface area contributed by atoms with Crippen molar-refractivity contribution in [3.63, 3.8) is 0 Å². The van der Waals surface area contributed by atoms with E-state index in [0.29, 0.717) is 18.9 Å². The number of carbonyl (C=O) groups excluding carboxylic acids is 1. The average molecular weight is 377 g/mol. The van der Waals surface area contributed by atoms with Crippen LogP contribution in [0.1, 0.15) is 26.5 Å². The fourth-order valence-corrected chi connectivity index (χ4v) is 4.23. The van der Waals surface area contributed by atoms with Gasteiger partial charge in [0, 0.05) is 30.7 Å².